The van der Waals surface area contributed by atoms with Crippen molar-refractivity contribution in [3.05, 3.63) is 139 Å². The van der Waals surface area contributed by atoms with Crippen molar-refractivity contribution < 1.29 is 27.2 Å². The van der Waals surface area contributed by atoms with Crippen LogP contribution >= 0.6 is 0 Å². The number of H-pyrrole nitrogens is 1. The Morgan fingerprint density at radius 2 is 1.62 bits per heavy atom. The number of nitrogens with zero attached hydrogens (tertiary/aromatic N) is 9. The molecule has 7 heterocycles. The van der Waals surface area contributed by atoms with Crippen molar-refractivity contribution in [1.82, 2.24) is 48.3 Å². The van der Waals surface area contributed by atoms with Crippen molar-refractivity contribution in [3.8, 4) is 17.2 Å². The van der Waals surface area contributed by atoms with E-state index in [1.165, 1.54) is 27.6 Å². The molecular weight excluding hydrogens is 914 g/mol. The molecule has 368 valence electrons. The summed E-state index contributed by atoms with van der Waals surface area (Å²) in [7, 11) is 1.71. The predicted molar refractivity (Wildman–Crippen MR) is 259 cm³/mol. The van der Waals surface area contributed by atoms with Crippen LogP contribution in [-0.4, -0.2) is 79.1 Å². The van der Waals surface area contributed by atoms with E-state index in [9.17, 15) is 4.79 Å². The summed E-state index contributed by atoms with van der Waals surface area (Å²) in [5.74, 6) is -1.23. The minimum atomic E-state index is -1.06. The third kappa shape index (κ3) is 6.79. The average Bonchev–Trinajstić information content (AvgIpc) is 3.98. The van der Waals surface area contributed by atoms with E-state index in [2.05, 4.69) is 54.2 Å². The van der Waals surface area contributed by atoms with Crippen LogP contribution in [0.4, 0.5) is 13.2 Å². The van der Waals surface area contributed by atoms with Crippen LogP contribution in [0.3, 0.4) is 0 Å². The molecular formula is C53H55F3N10O5. The number of fused-ring (bicyclic) bond motifs is 4. The third-order valence-electron chi connectivity index (χ3n) is 16.4. The Morgan fingerprint density at radius 3 is 2.31 bits per heavy atom. The quantitative estimate of drug-likeness (QED) is 0.166. The van der Waals surface area contributed by atoms with Crippen LogP contribution in [0.1, 0.15) is 129 Å². The van der Waals surface area contributed by atoms with E-state index >= 15 is 22.8 Å². The number of imidazole rings is 1. The minimum absolute atomic E-state index is 0.0125. The number of aryl methyl sites for hydroxylation is 3. The third-order valence-corrected chi connectivity index (χ3v) is 16.4. The number of aromatic amines is 1. The number of benzene rings is 3. The first kappa shape index (κ1) is 45.2. The number of nitrogens with one attached hydrogen (secondary N) is 1. The molecule has 15 nitrogen and oxygen atoms in total. The molecule has 18 heteroatoms. The highest BCUT2D eigenvalue weighted by molar-refractivity contribution is 6.00. The van der Waals surface area contributed by atoms with Gasteiger partial charge in [-0.05, 0) is 151 Å². The lowest BCUT2D eigenvalue weighted by Crippen LogP contribution is -2.52. The van der Waals surface area contributed by atoms with Crippen LogP contribution in [-0.2, 0) is 22.7 Å². The largest absolute Gasteiger partial charge is 0.438 e. The molecule has 8 aromatic rings. The van der Waals surface area contributed by atoms with Crippen LogP contribution in [0.2, 0.25) is 0 Å². The first-order valence-electron chi connectivity index (χ1n) is 24.5. The maximum Gasteiger partial charge on any atom is 0.438 e. The number of hydrogen-bond donors (Lipinski definition) is 1. The standard InChI is InChI=1S/C53H55F3N10O5/c1-28-20-36(21-29(2)43(28)55)66-46(63-18-17-62(50(63)69)40-11-10-39-37(44(40)56)26-57-61(39)7)42-31(4)64(27-52(45(42)59-66)15-12-35(54)13-16-52)47(67)41-23-34-22-32(33-14-19-70-51(5,6)25-33)8-9-38(34)65(41)53(24-30(53)3)48-58-49(68)71-60-48/h8-11,17-18,20-23,26,30-31,33,35H,12-16,19,24-25,27H2,1-7H3,(H,58,60,68)/t30-,31-,33-,35?,52?,53-/m0/s1. The number of amides is 1. The number of rotatable bonds is 7. The van der Waals surface area contributed by atoms with E-state index in [4.69, 9.17) is 14.4 Å². The Hall–Kier alpha value is -6.95. The van der Waals surface area contributed by atoms with Crippen molar-refractivity contribution >= 4 is 27.7 Å². The van der Waals surface area contributed by atoms with Gasteiger partial charge in [0.2, 0.25) is 0 Å². The molecule has 0 unspecified atom stereocenters. The van der Waals surface area contributed by atoms with Gasteiger partial charge in [0, 0.05) is 54.5 Å². The van der Waals surface area contributed by atoms with Gasteiger partial charge < -0.3 is 14.2 Å². The molecule has 1 amide bonds. The molecule has 4 aliphatic rings. The lowest BCUT2D eigenvalue weighted by Gasteiger charge is -2.47. The van der Waals surface area contributed by atoms with E-state index in [1.807, 2.05) is 22.5 Å². The fraction of sp³-hybridized carbons (Fsp3) is 0.434. The van der Waals surface area contributed by atoms with E-state index in [1.54, 1.807) is 54.7 Å². The van der Waals surface area contributed by atoms with Gasteiger partial charge in [-0.15, -0.1) is 0 Å². The fourth-order valence-electron chi connectivity index (χ4n) is 12.5. The summed E-state index contributed by atoms with van der Waals surface area (Å²) >= 11 is 0. The molecule has 71 heavy (non-hydrogen) atoms. The zero-order chi connectivity index (χ0) is 49.6. The summed E-state index contributed by atoms with van der Waals surface area (Å²) in [6.45, 7) is 12.3. The molecule has 2 aliphatic heterocycles. The summed E-state index contributed by atoms with van der Waals surface area (Å²) in [5, 5.41) is 14.9. The molecule has 1 N–H and O–H groups in total. The number of halogens is 3. The number of hydrogen-bond acceptors (Lipinski definition) is 8. The van der Waals surface area contributed by atoms with Gasteiger partial charge in [-0.3, -0.25) is 28.1 Å². The maximum absolute atomic E-state index is 16.4. The minimum Gasteiger partial charge on any atom is -0.376 e. The van der Waals surface area contributed by atoms with Gasteiger partial charge >= 0.3 is 11.4 Å². The number of ether oxygens (including phenoxy) is 1. The predicted octanol–water partition coefficient (Wildman–Crippen LogP) is 9.05. The number of aromatic nitrogens is 9. The van der Waals surface area contributed by atoms with Gasteiger partial charge in [0.05, 0.1) is 45.8 Å². The highest BCUT2D eigenvalue weighted by Crippen LogP contribution is 2.57. The van der Waals surface area contributed by atoms with Gasteiger partial charge in [-0.2, -0.15) is 10.2 Å². The molecule has 2 aliphatic carbocycles. The topological polar surface area (TPSA) is 156 Å². The molecule has 12 rings (SSSR count). The zero-order valence-electron chi connectivity index (χ0n) is 40.7. The molecule has 3 fully saturated rings. The Bertz CT molecular complexity index is 3600. The van der Waals surface area contributed by atoms with Gasteiger partial charge in [0.1, 0.15) is 29.0 Å². The summed E-state index contributed by atoms with van der Waals surface area (Å²) in [4.78, 5) is 48.4. The van der Waals surface area contributed by atoms with Crippen LogP contribution in [0.15, 0.2) is 81.2 Å². The maximum atomic E-state index is 16.4. The summed E-state index contributed by atoms with van der Waals surface area (Å²) in [5.41, 5.74) is 2.54. The summed E-state index contributed by atoms with van der Waals surface area (Å²) in [6.07, 6.45) is 6.83. The SMILES string of the molecule is Cc1cc(-n2nc3c(c2-n2ccn(-c4ccc5c(cnn5C)c4F)c2=O)[C@H](C)N(C(=O)c2cc4cc([C@H]5CCOC(C)(C)C5)ccc4n2[C@@]2(c4noc(=O)[nH]4)C[C@@H]2C)CC32CCC(F)CC2)cc(C)c1F. The van der Waals surface area contributed by atoms with Crippen molar-refractivity contribution in [2.75, 3.05) is 13.2 Å². The number of alkyl halides is 1. The van der Waals surface area contributed by atoms with E-state index < -0.39 is 40.4 Å². The smallest absolute Gasteiger partial charge is 0.376 e. The van der Waals surface area contributed by atoms with E-state index in [0.717, 1.165) is 29.3 Å². The molecule has 2 saturated carbocycles. The van der Waals surface area contributed by atoms with Gasteiger partial charge in [0.25, 0.3) is 5.91 Å². The van der Waals surface area contributed by atoms with Crippen molar-refractivity contribution in [2.24, 2.45) is 13.0 Å². The molecule has 3 aromatic carbocycles. The lowest BCUT2D eigenvalue weighted by atomic mass is 9.67. The Kier molecular flexibility index (Phi) is 10.0. The summed E-state index contributed by atoms with van der Waals surface area (Å²) < 4.78 is 66.2. The van der Waals surface area contributed by atoms with Crippen LogP contribution in [0.25, 0.3) is 39.0 Å². The molecule has 1 spiro atoms. The highest BCUT2D eigenvalue weighted by Gasteiger charge is 2.60. The second-order valence-electron chi connectivity index (χ2n) is 21.3. The van der Waals surface area contributed by atoms with Crippen LogP contribution in [0, 0.1) is 31.4 Å². The highest BCUT2D eigenvalue weighted by atomic mass is 19.1. The second kappa shape index (κ2) is 15.8. The van der Waals surface area contributed by atoms with E-state index in [0.29, 0.717) is 76.8 Å². The number of carbonyl (C=O) groups is 1. The van der Waals surface area contributed by atoms with Gasteiger partial charge in [-0.25, -0.2) is 27.4 Å². The van der Waals surface area contributed by atoms with Crippen molar-refractivity contribution in [2.45, 2.75) is 121 Å². The Morgan fingerprint density at radius 1 is 0.901 bits per heavy atom. The Balaban J connectivity index is 1.07. The fourth-order valence-corrected chi connectivity index (χ4v) is 12.5. The normalized spacial score (nSPS) is 25.1. The molecule has 4 atom stereocenters. The van der Waals surface area contributed by atoms with E-state index in [-0.39, 0.29) is 59.6 Å². The average molecular weight is 969 g/mol. The molecule has 1 saturated heterocycles. The van der Waals surface area contributed by atoms with Gasteiger partial charge in [-0.1, -0.05) is 18.1 Å². The van der Waals surface area contributed by atoms with Crippen LogP contribution < -0.4 is 11.4 Å². The summed E-state index contributed by atoms with van der Waals surface area (Å²) in [6, 6.07) is 14.1. The number of carbonyl (C=O) groups excluding carboxylic acids is 1. The monoisotopic (exact) mass is 968 g/mol. The second-order valence-corrected chi connectivity index (χ2v) is 21.3. The zero-order valence-corrected chi connectivity index (χ0v) is 40.7. The first-order chi connectivity index (χ1) is 33.9. The Labute approximate surface area is 405 Å². The lowest BCUT2D eigenvalue weighted by molar-refractivity contribution is -0.0592. The van der Waals surface area contributed by atoms with Crippen LogP contribution in [0.5, 0.6) is 0 Å². The first-order valence-corrected chi connectivity index (χ1v) is 24.5. The van der Waals surface area contributed by atoms with Gasteiger partial charge in [0.15, 0.2) is 11.6 Å². The molecule has 0 radical (unpaired) electrons. The molecule has 0 bridgehead atoms. The molecule has 5 aromatic heterocycles. The van der Waals surface area contributed by atoms with Crippen molar-refractivity contribution in [3.63, 3.8) is 0 Å². The van der Waals surface area contributed by atoms with Crippen molar-refractivity contribution in [1.29, 1.82) is 0 Å².